The standard InChI is InChI=1S/C19H28ClN3O/c1-21-11-12-22(2)19(14-21,15-23-9-3-4-10-23)18(24)13-16-5-7-17(20)8-6-16/h5-8H,3-4,9-15H2,1-2H3. The summed E-state index contributed by atoms with van der Waals surface area (Å²) in [4.78, 5) is 20.5. The number of nitrogens with zero attached hydrogens (tertiary/aromatic N) is 3. The number of halogens is 1. The van der Waals surface area contributed by atoms with Crippen molar-refractivity contribution in [3.05, 3.63) is 34.9 Å². The third kappa shape index (κ3) is 3.83. The van der Waals surface area contributed by atoms with E-state index in [1.807, 2.05) is 24.3 Å². The van der Waals surface area contributed by atoms with E-state index in [1.165, 1.54) is 12.8 Å². The molecule has 1 aromatic rings. The van der Waals surface area contributed by atoms with E-state index in [4.69, 9.17) is 11.6 Å². The van der Waals surface area contributed by atoms with Crippen LogP contribution >= 0.6 is 11.6 Å². The van der Waals surface area contributed by atoms with E-state index < -0.39 is 5.54 Å². The van der Waals surface area contributed by atoms with Gasteiger partial charge in [0.15, 0.2) is 5.78 Å². The number of hydrogen-bond donors (Lipinski definition) is 0. The number of likely N-dealkylation sites (N-methyl/N-ethyl adjacent to an activating group) is 2. The average molecular weight is 350 g/mol. The predicted octanol–water partition coefficient (Wildman–Crippen LogP) is 2.16. The van der Waals surface area contributed by atoms with Crippen LogP contribution in [0, 0.1) is 0 Å². The van der Waals surface area contributed by atoms with Gasteiger partial charge in [0.05, 0.1) is 0 Å². The van der Waals surface area contributed by atoms with Crippen LogP contribution in [0.5, 0.6) is 0 Å². The Balaban J connectivity index is 1.82. The molecule has 0 saturated carbocycles. The van der Waals surface area contributed by atoms with Crippen molar-refractivity contribution in [2.24, 2.45) is 0 Å². The minimum Gasteiger partial charge on any atom is -0.303 e. The van der Waals surface area contributed by atoms with E-state index in [9.17, 15) is 4.79 Å². The molecule has 0 amide bonds. The molecule has 0 N–H and O–H groups in total. The molecule has 5 heteroatoms. The number of likely N-dealkylation sites (tertiary alicyclic amines) is 1. The lowest BCUT2D eigenvalue weighted by molar-refractivity contribution is -0.135. The van der Waals surface area contributed by atoms with E-state index in [0.29, 0.717) is 17.2 Å². The first kappa shape index (κ1) is 17.9. The summed E-state index contributed by atoms with van der Waals surface area (Å²) in [6, 6.07) is 7.68. The predicted molar refractivity (Wildman–Crippen MR) is 98.7 cm³/mol. The quantitative estimate of drug-likeness (QED) is 0.814. The molecule has 0 aromatic heterocycles. The van der Waals surface area contributed by atoms with Crippen molar-refractivity contribution in [1.82, 2.24) is 14.7 Å². The fourth-order valence-electron chi connectivity index (χ4n) is 4.00. The molecule has 2 aliphatic heterocycles. The van der Waals surface area contributed by atoms with Gasteiger partial charge in [-0.2, -0.15) is 0 Å². The fraction of sp³-hybridized carbons (Fsp3) is 0.632. The van der Waals surface area contributed by atoms with E-state index in [1.54, 1.807) is 0 Å². The molecule has 1 aromatic carbocycles. The Bertz CT molecular complexity index is 570. The van der Waals surface area contributed by atoms with Crippen molar-refractivity contribution in [2.75, 3.05) is 53.4 Å². The van der Waals surface area contributed by atoms with Crippen LogP contribution in [0.1, 0.15) is 18.4 Å². The number of carbonyl (C=O) groups excluding carboxylic acids is 1. The van der Waals surface area contributed by atoms with Crippen molar-refractivity contribution in [3.63, 3.8) is 0 Å². The number of rotatable bonds is 5. The highest BCUT2D eigenvalue weighted by Crippen LogP contribution is 2.26. The van der Waals surface area contributed by atoms with Gasteiger partial charge in [-0.15, -0.1) is 0 Å². The van der Waals surface area contributed by atoms with Gasteiger partial charge in [-0.1, -0.05) is 23.7 Å². The van der Waals surface area contributed by atoms with Gasteiger partial charge < -0.3 is 9.80 Å². The average Bonchev–Trinajstić information content (AvgIpc) is 3.06. The minimum atomic E-state index is -0.406. The Labute approximate surface area is 150 Å². The fourth-order valence-corrected chi connectivity index (χ4v) is 4.13. The molecular formula is C19H28ClN3O. The molecule has 0 radical (unpaired) electrons. The third-order valence-electron chi connectivity index (χ3n) is 5.56. The molecule has 132 valence electrons. The topological polar surface area (TPSA) is 26.8 Å². The Hall–Kier alpha value is -0.940. The molecule has 2 fully saturated rings. The van der Waals surface area contributed by atoms with Crippen molar-refractivity contribution in [2.45, 2.75) is 24.8 Å². The zero-order valence-corrected chi connectivity index (χ0v) is 15.6. The van der Waals surface area contributed by atoms with Crippen LogP contribution in [0.2, 0.25) is 5.02 Å². The molecule has 0 bridgehead atoms. The molecule has 1 atom stereocenters. The Kier molecular flexibility index (Phi) is 5.60. The second-order valence-electron chi connectivity index (χ2n) is 7.40. The van der Waals surface area contributed by atoms with Crippen LogP contribution in [-0.2, 0) is 11.2 Å². The SMILES string of the molecule is CN1CCN(C)C(CN2CCCC2)(C(=O)Cc2ccc(Cl)cc2)C1. The second kappa shape index (κ2) is 7.52. The highest BCUT2D eigenvalue weighted by atomic mass is 35.5. The van der Waals surface area contributed by atoms with Crippen LogP contribution in [0.25, 0.3) is 0 Å². The summed E-state index contributed by atoms with van der Waals surface area (Å²) in [5, 5.41) is 0.715. The van der Waals surface area contributed by atoms with Gasteiger partial charge in [0.25, 0.3) is 0 Å². The lowest BCUT2D eigenvalue weighted by atomic mass is 9.85. The summed E-state index contributed by atoms with van der Waals surface area (Å²) in [5.74, 6) is 0.325. The number of Topliss-reactive ketones (excluding diaryl/α,β-unsaturated/α-hetero) is 1. The zero-order chi connectivity index (χ0) is 17.2. The van der Waals surface area contributed by atoms with Gasteiger partial charge in [-0.05, 0) is 57.7 Å². The van der Waals surface area contributed by atoms with Gasteiger partial charge in [-0.25, -0.2) is 0 Å². The van der Waals surface area contributed by atoms with Crippen LogP contribution < -0.4 is 0 Å². The van der Waals surface area contributed by atoms with Crippen LogP contribution in [0.3, 0.4) is 0 Å². The highest BCUT2D eigenvalue weighted by Gasteiger charge is 2.46. The lowest BCUT2D eigenvalue weighted by Crippen LogP contribution is -2.68. The van der Waals surface area contributed by atoms with Gasteiger partial charge >= 0.3 is 0 Å². The first-order valence-corrected chi connectivity index (χ1v) is 9.27. The smallest absolute Gasteiger partial charge is 0.160 e. The highest BCUT2D eigenvalue weighted by molar-refractivity contribution is 6.30. The minimum absolute atomic E-state index is 0.325. The summed E-state index contributed by atoms with van der Waals surface area (Å²) in [6.45, 7) is 5.86. The molecule has 24 heavy (non-hydrogen) atoms. The summed E-state index contributed by atoms with van der Waals surface area (Å²) in [5.41, 5.74) is 0.642. The van der Waals surface area contributed by atoms with E-state index in [2.05, 4.69) is 28.8 Å². The Morgan fingerprint density at radius 1 is 1.08 bits per heavy atom. The number of ketones is 1. The molecular weight excluding hydrogens is 322 g/mol. The molecule has 4 nitrogen and oxygen atoms in total. The van der Waals surface area contributed by atoms with E-state index in [0.717, 1.165) is 44.8 Å². The molecule has 0 spiro atoms. The van der Waals surface area contributed by atoms with Crippen molar-refractivity contribution in [1.29, 1.82) is 0 Å². The van der Waals surface area contributed by atoms with Crippen LogP contribution in [-0.4, -0.2) is 79.4 Å². The number of carbonyl (C=O) groups is 1. The molecule has 0 aliphatic carbocycles. The van der Waals surface area contributed by atoms with Gasteiger partial charge in [0.1, 0.15) is 5.54 Å². The number of piperazine rings is 1. The summed E-state index contributed by atoms with van der Waals surface area (Å²) >= 11 is 5.97. The second-order valence-corrected chi connectivity index (χ2v) is 7.84. The molecule has 2 heterocycles. The maximum Gasteiger partial charge on any atom is 0.160 e. The van der Waals surface area contributed by atoms with E-state index in [-0.39, 0.29) is 0 Å². The lowest BCUT2D eigenvalue weighted by Gasteiger charge is -2.49. The number of benzene rings is 1. The van der Waals surface area contributed by atoms with E-state index >= 15 is 0 Å². The molecule has 3 rings (SSSR count). The first-order chi connectivity index (χ1) is 11.5. The first-order valence-electron chi connectivity index (χ1n) is 8.89. The molecule has 2 aliphatic rings. The molecule has 2 saturated heterocycles. The monoisotopic (exact) mass is 349 g/mol. The normalized spacial score (nSPS) is 26.8. The Morgan fingerprint density at radius 2 is 1.75 bits per heavy atom. The summed E-state index contributed by atoms with van der Waals surface area (Å²) in [7, 11) is 4.24. The van der Waals surface area contributed by atoms with Crippen LogP contribution in [0.4, 0.5) is 0 Å². The van der Waals surface area contributed by atoms with Crippen molar-refractivity contribution < 1.29 is 4.79 Å². The van der Waals surface area contributed by atoms with Crippen molar-refractivity contribution in [3.8, 4) is 0 Å². The van der Waals surface area contributed by atoms with Crippen molar-refractivity contribution >= 4 is 17.4 Å². The Morgan fingerprint density at radius 3 is 2.42 bits per heavy atom. The zero-order valence-electron chi connectivity index (χ0n) is 14.8. The van der Waals surface area contributed by atoms with Gasteiger partial charge in [0.2, 0.25) is 0 Å². The summed E-state index contributed by atoms with van der Waals surface area (Å²) in [6.07, 6.45) is 2.98. The third-order valence-corrected chi connectivity index (χ3v) is 5.81. The maximum absolute atomic E-state index is 13.4. The van der Waals surface area contributed by atoms with Gasteiger partial charge in [-0.3, -0.25) is 9.69 Å². The van der Waals surface area contributed by atoms with Gasteiger partial charge in [0, 0.05) is 37.6 Å². The number of hydrogen-bond acceptors (Lipinski definition) is 4. The van der Waals surface area contributed by atoms with Crippen LogP contribution in [0.15, 0.2) is 24.3 Å². The molecule has 1 unspecified atom stereocenters. The summed E-state index contributed by atoms with van der Waals surface area (Å²) < 4.78 is 0. The maximum atomic E-state index is 13.4. The largest absolute Gasteiger partial charge is 0.303 e.